The summed E-state index contributed by atoms with van der Waals surface area (Å²) in [6, 6.07) is 9.56. The Morgan fingerprint density at radius 3 is 2.44 bits per heavy atom. The van der Waals surface area contributed by atoms with Crippen molar-refractivity contribution in [3.05, 3.63) is 42.0 Å². The zero-order valence-corrected chi connectivity index (χ0v) is 10.3. The van der Waals surface area contributed by atoms with E-state index in [1.54, 1.807) is 14.1 Å². The van der Waals surface area contributed by atoms with Crippen LogP contribution in [0.4, 0.5) is 0 Å². The molecule has 18 heavy (non-hydrogen) atoms. The lowest BCUT2D eigenvalue weighted by molar-refractivity contribution is 0.547. The van der Waals surface area contributed by atoms with Gasteiger partial charge in [-0.25, -0.2) is 0 Å². The minimum Gasteiger partial charge on any atom is -0.415 e. The van der Waals surface area contributed by atoms with Gasteiger partial charge in [-0.05, 0) is 12.1 Å². The van der Waals surface area contributed by atoms with E-state index in [4.69, 9.17) is 10.2 Å². The number of benzene rings is 1. The van der Waals surface area contributed by atoms with Crippen LogP contribution >= 0.6 is 0 Å². The molecule has 0 bridgehead atoms. The molecule has 6 heteroatoms. The van der Waals surface area contributed by atoms with Crippen LogP contribution in [0.5, 0.6) is 0 Å². The summed E-state index contributed by atoms with van der Waals surface area (Å²) >= 11 is 0. The highest BCUT2D eigenvalue weighted by Crippen LogP contribution is 2.19. The lowest BCUT2D eigenvalue weighted by Crippen LogP contribution is -2.22. The average molecular weight is 245 g/mol. The van der Waals surface area contributed by atoms with Crippen molar-refractivity contribution in [1.82, 2.24) is 20.8 Å². The van der Waals surface area contributed by atoms with E-state index in [0.717, 1.165) is 5.56 Å². The number of hydrogen-bond acceptors (Lipinski definition) is 6. The number of rotatable bonds is 4. The molecular weight excluding hydrogens is 230 g/mol. The molecule has 2 aromatic rings. The standard InChI is InChI=1S/C12H15N5O/c1-14-9(10(13)15-2)12-17-16-11(18-12)8-6-4-3-5-7-8/h3-7,14-15H,13H2,1-2H3/b10-9-. The van der Waals surface area contributed by atoms with Gasteiger partial charge in [0.25, 0.3) is 5.89 Å². The van der Waals surface area contributed by atoms with Gasteiger partial charge in [0.1, 0.15) is 11.5 Å². The summed E-state index contributed by atoms with van der Waals surface area (Å²) in [4.78, 5) is 0. The first-order valence-electron chi connectivity index (χ1n) is 5.50. The third-order valence-corrected chi connectivity index (χ3v) is 2.45. The van der Waals surface area contributed by atoms with Crippen molar-refractivity contribution >= 4 is 5.70 Å². The Kier molecular flexibility index (Phi) is 3.47. The maximum Gasteiger partial charge on any atom is 0.267 e. The summed E-state index contributed by atoms with van der Waals surface area (Å²) in [7, 11) is 3.47. The monoisotopic (exact) mass is 245 g/mol. The highest BCUT2D eigenvalue weighted by atomic mass is 16.4. The SMILES string of the molecule is CN/C(N)=C(\NC)c1nnc(-c2ccccc2)o1. The minimum absolute atomic E-state index is 0.350. The summed E-state index contributed by atoms with van der Waals surface area (Å²) in [6.07, 6.45) is 0. The Labute approximate surface area is 105 Å². The van der Waals surface area contributed by atoms with Gasteiger partial charge in [-0.2, -0.15) is 0 Å². The predicted octanol–water partition coefficient (Wildman–Crippen LogP) is 0.760. The molecule has 2 rings (SSSR count). The average Bonchev–Trinajstić information content (AvgIpc) is 2.90. The Hall–Kier alpha value is -2.50. The normalized spacial score (nSPS) is 11.9. The number of hydrogen-bond donors (Lipinski definition) is 3. The van der Waals surface area contributed by atoms with Gasteiger partial charge in [0, 0.05) is 19.7 Å². The van der Waals surface area contributed by atoms with Gasteiger partial charge < -0.3 is 20.8 Å². The van der Waals surface area contributed by atoms with E-state index in [1.807, 2.05) is 30.3 Å². The van der Waals surface area contributed by atoms with Crippen LogP contribution in [-0.4, -0.2) is 24.3 Å². The second kappa shape index (κ2) is 5.22. The third kappa shape index (κ3) is 2.27. The molecule has 1 aromatic carbocycles. The highest BCUT2D eigenvalue weighted by Gasteiger charge is 2.14. The van der Waals surface area contributed by atoms with E-state index in [1.165, 1.54) is 0 Å². The summed E-state index contributed by atoms with van der Waals surface area (Å²) in [5, 5.41) is 13.7. The second-order valence-corrected chi connectivity index (χ2v) is 3.57. The number of nitrogens with two attached hydrogens (primary N) is 1. The predicted molar refractivity (Wildman–Crippen MR) is 69.0 cm³/mol. The molecule has 6 nitrogen and oxygen atoms in total. The summed E-state index contributed by atoms with van der Waals surface area (Å²) in [6.45, 7) is 0. The molecule has 0 saturated carbocycles. The molecule has 4 N–H and O–H groups in total. The third-order valence-electron chi connectivity index (χ3n) is 2.45. The first-order valence-corrected chi connectivity index (χ1v) is 5.50. The van der Waals surface area contributed by atoms with Crippen LogP contribution < -0.4 is 16.4 Å². The molecular formula is C12H15N5O. The molecule has 0 fully saturated rings. The fourth-order valence-corrected chi connectivity index (χ4v) is 1.50. The van der Waals surface area contributed by atoms with E-state index < -0.39 is 0 Å². The van der Waals surface area contributed by atoms with Crippen molar-refractivity contribution in [3.8, 4) is 11.5 Å². The van der Waals surface area contributed by atoms with E-state index in [2.05, 4.69) is 20.8 Å². The van der Waals surface area contributed by atoms with Gasteiger partial charge in [0.2, 0.25) is 5.89 Å². The topological polar surface area (TPSA) is 89.0 Å². The van der Waals surface area contributed by atoms with Gasteiger partial charge in [0.15, 0.2) is 0 Å². The van der Waals surface area contributed by atoms with Crippen molar-refractivity contribution in [2.24, 2.45) is 5.73 Å². The van der Waals surface area contributed by atoms with E-state index >= 15 is 0 Å². The molecule has 94 valence electrons. The zero-order chi connectivity index (χ0) is 13.0. The zero-order valence-electron chi connectivity index (χ0n) is 10.3. The molecule has 0 aliphatic rings. The van der Waals surface area contributed by atoms with Crippen molar-refractivity contribution in [1.29, 1.82) is 0 Å². The molecule has 0 amide bonds. The van der Waals surface area contributed by atoms with Crippen molar-refractivity contribution < 1.29 is 4.42 Å². The number of aromatic nitrogens is 2. The van der Waals surface area contributed by atoms with Gasteiger partial charge in [-0.3, -0.25) is 0 Å². The van der Waals surface area contributed by atoms with Crippen LogP contribution in [0.25, 0.3) is 17.2 Å². The van der Waals surface area contributed by atoms with Crippen molar-refractivity contribution in [3.63, 3.8) is 0 Å². The van der Waals surface area contributed by atoms with Crippen LogP contribution in [0.1, 0.15) is 5.89 Å². The maximum absolute atomic E-state index is 5.79. The van der Waals surface area contributed by atoms with Crippen LogP contribution in [0, 0.1) is 0 Å². The van der Waals surface area contributed by atoms with Gasteiger partial charge in [0.05, 0.1) is 0 Å². The van der Waals surface area contributed by atoms with Crippen LogP contribution in [0.15, 0.2) is 40.6 Å². The molecule has 0 radical (unpaired) electrons. The van der Waals surface area contributed by atoms with Crippen LogP contribution in [0.3, 0.4) is 0 Å². The molecule has 0 atom stereocenters. The van der Waals surface area contributed by atoms with Gasteiger partial charge >= 0.3 is 0 Å². The van der Waals surface area contributed by atoms with Crippen molar-refractivity contribution in [2.45, 2.75) is 0 Å². The molecule has 0 aliphatic heterocycles. The maximum atomic E-state index is 5.79. The summed E-state index contributed by atoms with van der Waals surface area (Å²) in [5.74, 6) is 1.26. The Morgan fingerprint density at radius 2 is 1.83 bits per heavy atom. The smallest absolute Gasteiger partial charge is 0.267 e. The minimum atomic E-state index is 0.350. The first kappa shape index (κ1) is 12.0. The summed E-state index contributed by atoms with van der Waals surface area (Å²) in [5.41, 5.74) is 7.23. The molecule has 0 aliphatic carbocycles. The Morgan fingerprint density at radius 1 is 1.11 bits per heavy atom. The van der Waals surface area contributed by atoms with E-state index in [9.17, 15) is 0 Å². The van der Waals surface area contributed by atoms with Gasteiger partial charge in [-0.15, -0.1) is 10.2 Å². The second-order valence-electron chi connectivity index (χ2n) is 3.57. The molecule has 1 heterocycles. The van der Waals surface area contributed by atoms with Crippen molar-refractivity contribution in [2.75, 3.05) is 14.1 Å². The largest absolute Gasteiger partial charge is 0.415 e. The molecule has 0 unspecified atom stereocenters. The van der Waals surface area contributed by atoms with Crippen LogP contribution in [0.2, 0.25) is 0 Å². The lowest BCUT2D eigenvalue weighted by Gasteiger charge is -2.06. The summed E-state index contributed by atoms with van der Waals surface area (Å²) < 4.78 is 5.58. The first-order chi connectivity index (χ1) is 8.76. The molecule has 0 saturated heterocycles. The lowest BCUT2D eigenvalue weighted by atomic mass is 10.2. The quantitative estimate of drug-likeness (QED) is 0.737. The number of nitrogens with one attached hydrogen (secondary N) is 2. The van der Waals surface area contributed by atoms with E-state index in [-0.39, 0.29) is 0 Å². The Balaban J connectivity index is 2.37. The fraction of sp³-hybridized carbons (Fsp3) is 0.167. The Bertz CT molecular complexity index is 547. The van der Waals surface area contributed by atoms with Crippen LogP contribution in [-0.2, 0) is 0 Å². The van der Waals surface area contributed by atoms with Gasteiger partial charge in [-0.1, -0.05) is 18.2 Å². The number of nitrogens with zero attached hydrogens (tertiary/aromatic N) is 2. The highest BCUT2D eigenvalue weighted by molar-refractivity contribution is 5.60. The molecule has 0 spiro atoms. The molecule has 1 aromatic heterocycles. The van der Waals surface area contributed by atoms with E-state index in [0.29, 0.717) is 23.3 Å². The fourth-order valence-electron chi connectivity index (χ4n) is 1.50.